The summed E-state index contributed by atoms with van der Waals surface area (Å²) in [5.74, 6) is 0. The number of rotatable bonds is 2. The Morgan fingerprint density at radius 2 is 2.13 bits per heavy atom. The van der Waals surface area contributed by atoms with Gasteiger partial charge in [0.1, 0.15) is 0 Å². The summed E-state index contributed by atoms with van der Waals surface area (Å²) >= 11 is 0. The molecule has 1 aliphatic heterocycles. The van der Waals surface area contributed by atoms with E-state index in [1.807, 2.05) is 30.3 Å². The van der Waals surface area contributed by atoms with Crippen LogP contribution in [0.4, 0.5) is 10.5 Å². The first-order valence-electron chi connectivity index (χ1n) is 4.95. The Kier molecular flexibility index (Phi) is 2.87. The van der Waals surface area contributed by atoms with Crippen molar-refractivity contribution in [1.29, 1.82) is 0 Å². The summed E-state index contributed by atoms with van der Waals surface area (Å²) < 4.78 is 4.95. The number of aliphatic hydroxyl groups excluding tert-OH is 1. The average Bonchev–Trinajstić information content (AvgIpc) is 2.29. The predicted octanol–water partition coefficient (Wildman–Crippen LogP) is 1.39. The van der Waals surface area contributed by atoms with E-state index in [1.54, 1.807) is 0 Å². The molecular weight excluding hydrogens is 194 g/mol. The van der Waals surface area contributed by atoms with Crippen molar-refractivity contribution in [3.05, 3.63) is 30.3 Å². The second-order valence-electron chi connectivity index (χ2n) is 3.44. The molecule has 80 valence electrons. The fourth-order valence-corrected chi connectivity index (χ4v) is 1.71. The Balaban J connectivity index is 2.27. The largest absolute Gasteiger partial charge is 0.449 e. The normalized spacial score (nSPS) is 21.3. The molecule has 1 aliphatic rings. The molecule has 0 aliphatic carbocycles. The summed E-state index contributed by atoms with van der Waals surface area (Å²) in [6.07, 6.45) is 0.281. The van der Waals surface area contributed by atoms with Crippen LogP contribution < -0.4 is 4.90 Å². The second-order valence-corrected chi connectivity index (χ2v) is 3.44. The van der Waals surface area contributed by atoms with Gasteiger partial charge in [0.25, 0.3) is 0 Å². The van der Waals surface area contributed by atoms with Crippen LogP contribution in [0.15, 0.2) is 30.3 Å². The topological polar surface area (TPSA) is 49.8 Å². The van der Waals surface area contributed by atoms with Gasteiger partial charge in [-0.1, -0.05) is 18.2 Å². The summed E-state index contributed by atoms with van der Waals surface area (Å²) in [5.41, 5.74) is 0.765. The monoisotopic (exact) mass is 207 g/mol. The van der Waals surface area contributed by atoms with Crippen molar-refractivity contribution >= 4 is 11.8 Å². The molecule has 0 bridgehead atoms. The third-order valence-corrected chi connectivity index (χ3v) is 2.48. The molecular formula is C11H13NO3. The molecule has 0 saturated carbocycles. The van der Waals surface area contributed by atoms with Crippen molar-refractivity contribution in [2.45, 2.75) is 12.5 Å². The highest BCUT2D eigenvalue weighted by atomic mass is 16.6. The number of hydrogen-bond acceptors (Lipinski definition) is 3. The maximum absolute atomic E-state index is 11.6. The Bertz CT molecular complexity index is 339. The molecule has 1 aromatic rings. The number of para-hydroxylation sites is 1. The minimum atomic E-state index is -0.383. The number of aliphatic hydroxyl groups is 1. The fraction of sp³-hybridized carbons (Fsp3) is 0.364. The quantitative estimate of drug-likeness (QED) is 0.797. The van der Waals surface area contributed by atoms with E-state index in [4.69, 9.17) is 4.74 Å². The van der Waals surface area contributed by atoms with Gasteiger partial charge in [0, 0.05) is 12.1 Å². The molecule has 4 nitrogen and oxygen atoms in total. The molecule has 1 fully saturated rings. The zero-order chi connectivity index (χ0) is 10.7. The highest BCUT2D eigenvalue weighted by Crippen LogP contribution is 2.22. The van der Waals surface area contributed by atoms with Crippen molar-refractivity contribution in [3.8, 4) is 0 Å². The molecule has 1 atom stereocenters. The number of anilines is 1. The van der Waals surface area contributed by atoms with Crippen molar-refractivity contribution in [3.63, 3.8) is 0 Å². The van der Waals surface area contributed by atoms with E-state index < -0.39 is 0 Å². The minimum absolute atomic E-state index is 0.0377. The van der Waals surface area contributed by atoms with Gasteiger partial charge in [-0.2, -0.15) is 0 Å². The van der Waals surface area contributed by atoms with E-state index in [-0.39, 0.29) is 18.7 Å². The van der Waals surface area contributed by atoms with Gasteiger partial charge in [-0.25, -0.2) is 4.79 Å². The fourth-order valence-electron chi connectivity index (χ4n) is 1.71. The van der Waals surface area contributed by atoms with Crippen LogP contribution in [0.25, 0.3) is 0 Å². The van der Waals surface area contributed by atoms with Gasteiger partial charge in [-0.15, -0.1) is 0 Å². The summed E-state index contributed by atoms with van der Waals surface area (Å²) in [6, 6.07) is 9.07. The summed E-state index contributed by atoms with van der Waals surface area (Å²) in [7, 11) is 0. The average molecular weight is 207 g/mol. The molecule has 15 heavy (non-hydrogen) atoms. The first-order chi connectivity index (χ1) is 7.33. The van der Waals surface area contributed by atoms with Gasteiger partial charge < -0.3 is 9.84 Å². The molecule has 1 unspecified atom stereocenters. The number of hydrogen-bond donors (Lipinski definition) is 1. The van der Waals surface area contributed by atoms with Crippen LogP contribution in [0.2, 0.25) is 0 Å². The summed E-state index contributed by atoms with van der Waals surface area (Å²) in [6.45, 7) is 0.345. The van der Waals surface area contributed by atoms with Gasteiger partial charge in [-0.05, 0) is 12.1 Å². The number of amides is 1. The van der Waals surface area contributed by atoms with E-state index in [9.17, 15) is 9.90 Å². The Hall–Kier alpha value is -1.55. The number of benzene rings is 1. The van der Waals surface area contributed by atoms with Gasteiger partial charge in [0.2, 0.25) is 0 Å². The van der Waals surface area contributed by atoms with E-state index in [2.05, 4.69) is 0 Å². The van der Waals surface area contributed by atoms with Crippen LogP contribution in [0, 0.1) is 0 Å². The Labute approximate surface area is 88.1 Å². The lowest BCUT2D eigenvalue weighted by molar-refractivity contribution is 0.116. The number of cyclic esters (lactones) is 1. The molecule has 4 heteroatoms. The lowest BCUT2D eigenvalue weighted by Crippen LogP contribution is -2.47. The summed E-state index contributed by atoms with van der Waals surface area (Å²) in [5, 5.41) is 9.19. The van der Waals surface area contributed by atoms with Crippen molar-refractivity contribution in [1.82, 2.24) is 0 Å². The number of nitrogens with zero attached hydrogens (tertiary/aromatic N) is 1. The first kappa shape index (κ1) is 9.98. The van der Waals surface area contributed by atoms with Gasteiger partial charge >= 0.3 is 6.09 Å². The van der Waals surface area contributed by atoms with Crippen LogP contribution in [0.5, 0.6) is 0 Å². The maximum atomic E-state index is 11.6. The lowest BCUT2D eigenvalue weighted by atomic mass is 10.1. The molecule has 2 rings (SSSR count). The van der Waals surface area contributed by atoms with Crippen LogP contribution in [0.3, 0.4) is 0 Å². The van der Waals surface area contributed by atoms with E-state index in [0.29, 0.717) is 13.0 Å². The Morgan fingerprint density at radius 3 is 2.80 bits per heavy atom. The smallest absolute Gasteiger partial charge is 0.414 e. The van der Waals surface area contributed by atoms with Gasteiger partial charge in [-0.3, -0.25) is 4.90 Å². The number of carbonyl (C=O) groups is 1. The third-order valence-electron chi connectivity index (χ3n) is 2.48. The SMILES string of the molecule is O=C1OCCC(CO)N1c1ccccc1. The van der Waals surface area contributed by atoms with Crippen molar-refractivity contribution < 1.29 is 14.6 Å². The second kappa shape index (κ2) is 4.31. The van der Waals surface area contributed by atoms with E-state index in [1.165, 1.54) is 4.90 Å². The number of carbonyl (C=O) groups excluding carboxylic acids is 1. The molecule has 1 saturated heterocycles. The minimum Gasteiger partial charge on any atom is -0.449 e. The van der Waals surface area contributed by atoms with Crippen LogP contribution in [0.1, 0.15) is 6.42 Å². The van der Waals surface area contributed by atoms with Crippen LogP contribution in [-0.2, 0) is 4.74 Å². The van der Waals surface area contributed by atoms with Crippen LogP contribution in [-0.4, -0.2) is 30.5 Å². The van der Waals surface area contributed by atoms with E-state index >= 15 is 0 Å². The van der Waals surface area contributed by atoms with E-state index in [0.717, 1.165) is 5.69 Å². The summed E-state index contributed by atoms with van der Waals surface area (Å²) in [4.78, 5) is 13.1. The molecule has 1 N–H and O–H groups in total. The van der Waals surface area contributed by atoms with Gasteiger partial charge in [0.05, 0.1) is 19.3 Å². The standard InChI is InChI=1S/C11H13NO3/c13-8-10-6-7-15-11(14)12(10)9-4-2-1-3-5-9/h1-5,10,13H,6-8H2. The zero-order valence-electron chi connectivity index (χ0n) is 8.30. The van der Waals surface area contributed by atoms with Crippen molar-refractivity contribution in [2.24, 2.45) is 0 Å². The van der Waals surface area contributed by atoms with Crippen molar-refractivity contribution in [2.75, 3.05) is 18.1 Å². The molecule has 0 aromatic heterocycles. The van der Waals surface area contributed by atoms with Crippen LogP contribution >= 0.6 is 0 Å². The highest BCUT2D eigenvalue weighted by Gasteiger charge is 2.30. The lowest BCUT2D eigenvalue weighted by Gasteiger charge is -2.33. The number of ether oxygens (including phenoxy) is 1. The first-order valence-corrected chi connectivity index (χ1v) is 4.95. The predicted molar refractivity (Wildman–Crippen MR) is 55.8 cm³/mol. The molecule has 1 heterocycles. The zero-order valence-corrected chi connectivity index (χ0v) is 8.30. The molecule has 1 aromatic carbocycles. The maximum Gasteiger partial charge on any atom is 0.414 e. The molecule has 1 amide bonds. The highest BCUT2D eigenvalue weighted by molar-refractivity contribution is 5.88. The molecule has 0 radical (unpaired) electrons. The Morgan fingerprint density at radius 1 is 1.40 bits per heavy atom. The van der Waals surface area contributed by atoms with Gasteiger partial charge in [0.15, 0.2) is 0 Å². The molecule has 0 spiro atoms. The third kappa shape index (κ3) is 1.94.